The Balaban J connectivity index is 0.000000695. The summed E-state index contributed by atoms with van der Waals surface area (Å²) in [7, 11) is 0. The first-order chi connectivity index (χ1) is 19.2. The number of rotatable bonds is 0. The summed E-state index contributed by atoms with van der Waals surface area (Å²) in [4.78, 5) is 39.7. The van der Waals surface area contributed by atoms with E-state index < -0.39 is 0 Å². The molecule has 0 atom stereocenters. The average molecular weight is 559 g/mol. The second-order valence-corrected chi connectivity index (χ2v) is 8.61. The molecule has 0 saturated heterocycles. The smallest absolute Gasteiger partial charge is 0.373 e. The van der Waals surface area contributed by atoms with E-state index in [0.29, 0.717) is 45.9 Å². The molecule has 0 unspecified atom stereocenters. The minimum absolute atomic E-state index is 0. The number of hydrogen-bond acceptors (Lipinski definition) is 6. The quantitative estimate of drug-likeness (QED) is 0.0969. The minimum atomic E-state index is 0. The second kappa shape index (κ2) is 10.0. The van der Waals surface area contributed by atoms with Crippen LogP contribution in [0.3, 0.4) is 0 Å². The van der Waals surface area contributed by atoms with Crippen molar-refractivity contribution in [3.63, 3.8) is 0 Å². The predicted molar refractivity (Wildman–Crippen MR) is 149 cm³/mol. The zero-order chi connectivity index (χ0) is 26.3. The average Bonchev–Trinajstić information content (AvgIpc) is 3.72. The van der Waals surface area contributed by atoms with Crippen molar-refractivity contribution in [3.8, 4) is 22.8 Å². The maximum absolute atomic E-state index is 6.75. The van der Waals surface area contributed by atoms with Crippen LogP contribution in [0.5, 0.6) is 0 Å². The monoisotopic (exact) mass is 559 g/mol. The third-order valence-electron chi connectivity index (χ3n) is 6.34. The van der Waals surface area contributed by atoms with Crippen LogP contribution in [0, 0.1) is 0 Å². The van der Waals surface area contributed by atoms with Gasteiger partial charge in [-0.05, 0) is 33.7 Å². The third-order valence-corrected chi connectivity index (χ3v) is 6.34. The molecule has 2 aliphatic heterocycles. The molecule has 8 bridgehead atoms. The first-order valence-electron chi connectivity index (χ1n) is 11.9. The van der Waals surface area contributed by atoms with E-state index >= 15 is 0 Å². The summed E-state index contributed by atoms with van der Waals surface area (Å²) in [6, 6.07) is 23.8. The summed E-state index contributed by atoms with van der Waals surface area (Å²) in [5, 5.41) is 3.59. The van der Waals surface area contributed by atoms with E-state index in [-0.39, 0.29) is 17.1 Å². The van der Waals surface area contributed by atoms with Gasteiger partial charge in [-0.1, -0.05) is 72.8 Å². The van der Waals surface area contributed by atoms with Crippen molar-refractivity contribution < 1.29 is 17.1 Å². The Morgan fingerprint density at radius 1 is 0.475 bits per heavy atom. The van der Waals surface area contributed by atoms with Gasteiger partial charge in [-0.2, -0.15) is 0 Å². The Morgan fingerprint density at radius 2 is 0.825 bits per heavy atom. The van der Waals surface area contributed by atoms with Gasteiger partial charge in [0.1, 0.15) is 0 Å². The summed E-state index contributed by atoms with van der Waals surface area (Å²) in [6.07, 6.45) is 3.65. The number of nitrogens with zero attached hydrogens (tertiary/aromatic N) is 11. The Kier molecular flexibility index (Phi) is 6.25. The van der Waals surface area contributed by atoms with E-state index in [2.05, 4.69) is 4.98 Å². The van der Waals surface area contributed by atoms with Crippen LogP contribution in [-0.2, 0) is 17.1 Å². The number of aromatic nitrogens is 8. The standard InChI is InChI=1S/C28H14N8.Mn.N3/c1-3-9-17-15(7-1)23-30-21-13-14-22(29-21)31-24-16-8-2-4-10-18(16)26(33-24)35-28-20-12-6-5-11-19(20)27(36-28)34-25(17)32-23;;1-3-2/h1-14H;;/q-2;+3;-1. The van der Waals surface area contributed by atoms with Crippen molar-refractivity contribution in [2.75, 3.05) is 0 Å². The van der Waals surface area contributed by atoms with Crippen molar-refractivity contribution >= 4 is 56.3 Å². The summed E-state index contributed by atoms with van der Waals surface area (Å²) >= 11 is 0. The molecule has 0 radical (unpaired) electrons. The molecule has 0 saturated carbocycles. The molecule has 3 aromatic heterocycles. The van der Waals surface area contributed by atoms with E-state index in [1.807, 2.05) is 84.9 Å². The van der Waals surface area contributed by atoms with Crippen molar-refractivity contribution in [2.24, 2.45) is 0 Å². The largest absolute Gasteiger partial charge is 3.00 e. The van der Waals surface area contributed by atoms with Gasteiger partial charge in [0.05, 0.1) is 23.3 Å². The Hall–Kier alpha value is -5.41. The zero-order valence-electron chi connectivity index (χ0n) is 20.4. The molecule has 0 N–H and O–H groups in total. The van der Waals surface area contributed by atoms with Crippen LogP contribution in [0.15, 0.2) is 72.8 Å². The van der Waals surface area contributed by atoms with Crippen LogP contribution in [0.4, 0.5) is 0 Å². The van der Waals surface area contributed by atoms with Crippen LogP contribution in [0.1, 0.15) is 11.6 Å². The summed E-state index contributed by atoms with van der Waals surface area (Å²) in [6.45, 7) is 0. The van der Waals surface area contributed by atoms with E-state index in [1.165, 1.54) is 4.91 Å². The topological polar surface area (TPSA) is 164 Å². The molecule has 0 spiro atoms. The fraction of sp³-hybridized carbons (Fsp3) is 0. The van der Waals surface area contributed by atoms with Gasteiger partial charge < -0.3 is 41.0 Å². The molecule has 12 heteroatoms. The van der Waals surface area contributed by atoms with Crippen LogP contribution in [-0.4, -0.2) is 29.9 Å². The zero-order valence-corrected chi connectivity index (χ0v) is 21.6. The van der Waals surface area contributed by atoms with Crippen molar-refractivity contribution in [1.29, 1.82) is 0 Å². The Morgan fingerprint density at radius 3 is 1.23 bits per heavy atom. The van der Waals surface area contributed by atoms with Crippen molar-refractivity contribution in [2.45, 2.75) is 0 Å². The number of fused-ring (bicyclic) bond motifs is 17. The van der Waals surface area contributed by atoms with Crippen LogP contribution in [0.2, 0.25) is 0 Å². The summed E-state index contributed by atoms with van der Waals surface area (Å²) in [5.74, 6) is 2.16. The van der Waals surface area contributed by atoms with Gasteiger partial charge in [0.2, 0.25) is 0 Å². The van der Waals surface area contributed by atoms with Gasteiger partial charge in [-0.25, -0.2) is 9.97 Å². The third kappa shape index (κ3) is 4.14. The van der Waals surface area contributed by atoms with Crippen LogP contribution in [0.25, 0.3) is 95.0 Å². The molecule has 2 aliphatic rings. The molecular weight excluding hydrogens is 545 g/mol. The molecule has 11 nitrogen and oxygen atoms in total. The summed E-state index contributed by atoms with van der Waals surface area (Å²) in [5.41, 5.74) is 17.5. The maximum Gasteiger partial charge on any atom is 3.00 e. The molecule has 6 aromatic rings. The minimum Gasteiger partial charge on any atom is -0.373 e. The molecule has 0 fully saturated rings. The van der Waals surface area contributed by atoms with Crippen molar-refractivity contribution in [3.05, 3.63) is 100 Å². The second-order valence-electron chi connectivity index (χ2n) is 8.61. The first-order valence-corrected chi connectivity index (χ1v) is 11.9. The van der Waals surface area contributed by atoms with E-state index in [1.54, 1.807) is 0 Å². The summed E-state index contributed by atoms with van der Waals surface area (Å²) < 4.78 is 0. The van der Waals surface area contributed by atoms with Gasteiger partial charge in [0, 0.05) is 33.7 Å². The molecular formula is C28H14MnN11. The molecule has 40 heavy (non-hydrogen) atoms. The Bertz CT molecular complexity index is 2030. The fourth-order valence-electron chi connectivity index (χ4n) is 4.68. The molecule has 0 aliphatic carbocycles. The van der Waals surface area contributed by atoms with E-state index in [9.17, 15) is 0 Å². The molecule has 0 amide bonds. The molecule has 5 heterocycles. The van der Waals surface area contributed by atoms with E-state index in [4.69, 9.17) is 46.0 Å². The number of benzene rings is 3. The van der Waals surface area contributed by atoms with Gasteiger partial charge in [0.25, 0.3) is 0 Å². The maximum atomic E-state index is 6.75. The van der Waals surface area contributed by atoms with Gasteiger partial charge in [-0.3, -0.25) is 4.91 Å². The van der Waals surface area contributed by atoms with Gasteiger partial charge >= 0.3 is 17.1 Å². The van der Waals surface area contributed by atoms with E-state index in [0.717, 1.165) is 32.7 Å². The molecule has 8 rings (SSSR count). The van der Waals surface area contributed by atoms with Gasteiger partial charge in [-0.15, -0.1) is 0 Å². The first kappa shape index (κ1) is 24.9. The van der Waals surface area contributed by atoms with Crippen LogP contribution >= 0.6 is 0 Å². The predicted octanol–water partition coefficient (Wildman–Crippen LogP) is 5.83. The van der Waals surface area contributed by atoms with Gasteiger partial charge in [0.15, 0.2) is 0 Å². The van der Waals surface area contributed by atoms with Crippen molar-refractivity contribution in [1.82, 2.24) is 39.9 Å². The molecule has 188 valence electrons. The Labute approximate surface area is 236 Å². The van der Waals surface area contributed by atoms with Crippen LogP contribution < -0.4 is 9.97 Å². The number of hydrogen-bond donors (Lipinski definition) is 0. The molecule has 3 aromatic carbocycles. The fourth-order valence-corrected chi connectivity index (χ4v) is 4.68. The SMILES string of the molecule is C1=Cc2nc1nc1[n-]c(nc3nc(nc4[n-]c(n2)c2ccccc42)-c2ccccc2-3)c2ccccc12.[Mn+3].[N-]=[N+]=[N-]. The normalized spacial score (nSPS) is 11.3.